The molecule has 1 fully saturated rings. The molecule has 0 saturated carbocycles. The van der Waals surface area contributed by atoms with Crippen molar-refractivity contribution in [3.8, 4) is 5.75 Å². The van der Waals surface area contributed by atoms with Crippen molar-refractivity contribution < 1.29 is 13.9 Å². The summed E-state index contributed by atoms with van der Waals surface area (Å²) >= 11 is 0. The molecule has 1 saturated heterocycles. The number of para-hydroxylation sites is 3. The zero-order valence-corrected chi connectivity index (χ0v) is 20.3. The summed E-state index contributed by atoms with van der Waals surface area (Å²) in [5.74, 6) is 1.68. The number of carbonyl (C=O) groups is 1. The molecule has 2 heterocycles. The van der Waals surface area contributed by atoms with E-state index < -0.39 is 0 Å². The highest BCUT2D eigenvalue weighted by atomic mass is 19.1. The molecule has 3 aromatic carbocycles. The molecule has 0 aliphatic carbocycles. The Balaban J connectivity index is 1.29. The average molecular weight is 484 g/mol. The highest BCUT2D eigenvalue weighted by molar-refractivity contribution is 5.81. The maximum atomic E-state index is 13.3. The molecule has 1 unspecified atom stereocenters. The van der Waals surface area contributed by atoms with Crippen LogP contribution in [0.3, 0.4) is 0 Å². The van der Waals surface area contributed by atoms with Crippen LogP contribution < -0.4 is 4.74 Å². The predicted octanol–water partition coefficient (Wildman–Crippen LogP) is 5.89. The second-order valence-electron chi connectivity index (χ2n) is 9.21. The van der Waals surface area contributed by atoms with Crippen LogP contribution in [0.2, 0.25) is 0 Å². The number of halogens is 1. The first-order valence-electron chi connectivity index (χ1n) is 12.4. The number of fused-ring (bicyclic) bond motifs is 1. The van der Waals surface area contributed by atoms with Crippen molar-refractivity contribution in [3.05, 3.63) is 108 Å². The Morgan fingerprint density at radius 1 is 1.06 bits per heavy atom. The fourth-order valence-corrected chi connectivity index (χ4v) is 4.92. The second-order valence-corrected chi connectivity index (χ2v) is 9.21. The van der Waals surface area contributed by atoms with E-state index in [1.165, 1.54) is 12.1 Å². The summed E-state index contributed by atoms with van der Waals surface area (Å²) in [4.78, 5) is 19.6. The van der Waals surface area contributed by atoms with Gasteiger partial charge < -0.3 is 14.2 Å². The van der Waals surface area contributed by atoms with E-state index in [1.54, 1.807) is 12.1 Å². The standard InChI is InChI=1S/C30H30FN3O2/c1-2-8-23-9-3-6-12-28(23)36-18-7-17-34-27-11-5-4-10-26(27)32-30(34)24-19-29(35)33(21-24)20-22-13-15-25(31)16-14-22/h2-6,9-16,24H,1,7-8,17-21H2. The van der Waals surface area contributed by atoms with E-state index in [0.717, 1.165) is 53.1 Å². The van der Waals surface area contributed by atoms with Crippen LogP contribution in [0, 0.1) is 5.82 Å². The van der Waals surface area contributed by atoms with Gasteiger partial charge in [0.1, 0.15) is 17.4 Å². The van der Waals surface area contributed by atoms with Gasteiger partial charge in [0.2, 0.25) is 5.91 Å². The molecule has 0 N–H and O–H groups in total. The number of rotatable bonds is 10. The third-order valence-electron chi connectivity index (χ3n) is 6.67. The minimum absolute atomic E-state index is 0.0135. The first-order valence-corrected chi connectivity index (χ1v) is 12.4. The number of allylic oxidation sites excluding steroid dienone is 1. The van der Waals surface area contributed by atoms with Gasteiger partial charge in [-0.25, -0.2) is 9.37 Å². The maximum absolute atomic E-state index is 13.3. The average Bonchev–Trinajstić information content (AvgIpc) is 3.44. The second kappa shape index (κ2) is 10.8. The van der Waals surface area contributed by atoms with Crippen LogP contribution in [-0.2, 0) is 24.3 Å². The number of carbonyl (C=O) groups excluding carboxylic acids is 1. The van der Waals surface area contributed by atoms with Crippen molar-refractivity contribution in [2.45, 2.75) is 38.3 Å². The number of aryl methyl sites for hydroxylation is 1. The van der Waals surface area contributed by atoms with Gasteiger partial charge in [-0.05, 0) is 54.3 Å². The SMILES string of the molecule is C=CCc1ccccc1OCCCn1c(C2CC(=O)N(Cc3ccc(F)cc3)C2)nc2ccccc21. The zero-order valence-electron chi connectivity index (χ0n) is 20.3. The molecular weight excluding hydrogens is 453 g/mol. The number of benzene rings is 3. The van der Waals surface area contributed by atoms with Crippen LogP contribution in [0.25, 0.3) is 11.0 Å². The van der Waals surface area contributed by atoms with Crippen molar-refractivity contribution in [2.24, 2.45) is 0 Å². The molecule has 0 spiro atoms. The zero-order chi connectivity index (χ0) is 24.9. The Bertz CT molecular complexity index is 1360. The summed E-state index contributed by atoms with van der Waals surface area (Å²) in [6, 6.07) is 22.5. The monoisotopic (exact) mass is 483 g/mol. The van der Waals surface area contributed by atoms with Crippen LogP contribution in [0.4, 0.5) is 4.39 Å². The van der Waals surface area contributed by atoms with Crippen molar-refractivity contribution in [1.82, 2.24) is 14.5 Å². The minimum atomic E-state index is -0.272. The summed E-state index contributed by atoms with van der Waals surface area (Å²) in [6.07, 6.45) is 3.90. The summed E-state index contributed by atoms with van der Waals surface area (Å²) in [5, 5.41) is 0. The van der Waals surface area contributed by atoms with Gasteiger partial charge in [0.15, 0.2) is 0 Å². The number of imidazole rings is 1. The summed E-state index contributed by atoms with van der Waals surface area (Å²) in [5.41, 5.74) is 4.07. The largest absolute Gasteiger partial charge is 0.493 e. The number of ether oxygens (including phenoxy) is 1. The van der Waals surface area contributed by atoms with Gasteiger partial charge in [-0.1, -0.05) is 48.5 Å². The molecule has 36 heavy (non-hydrogen) atoms. The lowest BCUT2D eigenvalue weighted by Gasteiger charge is -2.18. The predicted molar refractivity (Wildman–Crippen MR) is 139 cm³/mol. The van der Waals surface area contributed by atoms with Gasteiger partial charge in [0.05, 0.1) is 17.6 Å². The summed E-state index contributed by atoms with van der Waals surface area (Å²) in [6.45, 7) is 6.25. The molecule has 1 atom stereocenters. The number of nitrogens with zero attached hydrogens (tertiary/aromatic N) is 3. The molecule has 5 nitrogen and oxygen atoms in total. The van der Waals surface area contributed by atoms with Crippen LogP contribution in [0.15, 0.2) is 85.5 Å². The Labute approximate surface area is 210 Å². The Hall–Kier alpha value is -3.93. The van der Waals surface area contributed by atoms with E-state index in [1.807, 2.05) is 47.4 Å². The molecule has 0 radical (unpaired) electrons. The number of amides is 1. The van der Waals surface area contributed by atoms with Gasteiger partial charge >= 0.3 is 0 Å². The molecular formula is C30H30FN3O2. The maximum Gasteiger partial charge on any atom is 0.223 e. The quantitative estimate of drug-likeness (QED) is 0.209. The summed E-state index contributed by atoms with van der Waals surface area (Å²) < 4.78 is 21.6. The fourth-order valence-electron chi connectivity index (χ4n) is 4.92. The molecule has 1 aliphatic rings. The first kappa shape index (κ1) is 23.8. The van der Waals surface area contributed by atoms with Crippen LogP contribution in [-0.4, -0.2) is 33.5 Å². The number of likely N-dealkylation sites (tertiary alicyclic amines) is 1. The lowest BCUT2D eigenvalue weighted by Crippen LogP contribution is -2.24. The smallest absolute Gasteiger partial charge is 0.223 e. The molecule has 6 heteroatoms. The first-order chi connectivity index (χ1) is 17.6. The number of hydrogen-bond donors (Lipinski definition) is 0. The van der Waals surface area contributed by atoms with Crippen molar-refractivity contribution in [3.63, 3.8) is 0 Å². The molecule has 1 amide bonds. The van der Waals surface area contributed by atoms with E-state index in [4.69, 9.17) is 9.72 Å². The molecule has 0 bridgehead atoms. The van der Waals surface area contributed by atoms with Gasteiger partial charge in [-0.15, -0.1) is 6.58 Å². The molecule has 1 aliphatic heterocycles. The van der Waals surface area contributed by atoms with E-state index in [-0.39, 0.29) is 17.6 Å². The lowest BCUT2D eigenvalue weighted by molar-refractivity contribution is -0.128. The van der Waals surface area contributed by atoms with Gasteiger partial charge in [-0.2, -0.15) is 0 Å². The van der Waals surface area contributed by atoms with E-state index >= 15 is 0 Å². The van der Waals surface area contributed by atoms with Crippen molar-refractivity contribution in [1.29, 1.82) is 0 Å². The van der Waals surface area contributed by atoms with Gasteiger partial charge in [0, 0.05) is 32.0 Å². The Morgan fingerprint density at radius 3 is 2.67 bits per heavy atom. The highest BCUT2D eigenvalue weighted by Gasteiger charge is 2.34. The molecule has 184 valence electrons. The van der Waals surface area contributed by atoms with Crippen molar-refractivity contribution >= 4 is 16.9 Å². The highest BCUT2D eigenvalue weighted by Crippen LogP contribution is 2.31. The Kier molecular flexibility index (Phi) is 7.12. The molecule has 1 aromatic heterocycles. The van der Waals surface area contributed by atoms with E-state index in [0.29, 0.717) is 26.1 Å². The van der Waals surface area contributed by atoms with Gasteiger partial charge in [0.25, 0.3) is 0 Å². The topological polar surface area (TPSA) is 47.4 Å². The van der Waals surface area contributed by atoms with Gasteiger partial charge in [-0.3, -0.25) is 4.79 Å². The lowest BCUT2D eigenvalue weighted by atomic mass is 10.1. The third-order valence-corrected chi connectivity index (χ3v) is 6.67. The van der Waals surface area contributed by atoms with Crippen LogP contribution in [0.1, 0.15) is 35.7 Å². The fraction of sp³-hybridized carbons (Fsp3) is 0.267. The van der Waals surface area contributed by atoms with E-state index in [2.05, 4.69) is 23.3 Å². The Morgan fingerprint density at radius 2 is 1.83 bits per heavy atom. The third kappa shape index (κ3) is 5.18. The molecule has 4 aromatic rings. The summed E-state index contributed by atoms with van der Waals surface area (Å²) in [7, 11) is 0. The van der Waals surface area contributed by atoms with Crippen LogP contribution in [0.5, 0.6) is 5.75 Å². The molecule has 5 rings (SSSR count). The van der Waals surface area contributed by atoms with E-state index in [9.17, 15) is 9.18 Å². The number of hydrogen-bond acceptors (Lipinski definition) is 3. The van der Waals surface area contributed by atoms with Crippen LogP contribution >= 0.6 is 0 Å². The minimum Gasteiger partial charge on any atom is -0.493 e. The van der Waals surface area contributed by atoms with Crippen molar-refractivity contribution in [2.75, 3.05) is 13.2 Å². The normalized spacial score (nSPS) is 15.5. The number of aromatic nitrogens is 2.